The Bertz CT molecular complexity index is 1200. The molecule has 0 atom stereocenters. The Kier molecular flexibility index (Phi) is 4.63. The molecule has 1 aliphatic heterocycles. The van der Waals surface area contributed by atoms with Crippen molar-refractivity contribution in [3.8, 4) is 5.82 Å². The minimum atomic E-state index is 0.0801. The number of aromatic nitrogens is 4. The van der Waals surface area contributed by atoms with Gasteiger partial charge in [-0.05, 0) is 35.9 Å². The fourth-order valence-electron chi connectivity index (χ4n) is 3.86. The Morgan fingerprint density at radius 2 is 1.63 bits per heavy atom. The fourth-order valence-corrected chi connectivity index (χ4v) is 3.86. The molecule has 7 nitrogen and oxygen atoms in total. The summed E-state index contributed by atoms with van der Waals surface area (Å²) in [5.74, 6) is 2.40. The van der Waals surface area contributed by atoms with Crippen LogP contribution >= 0.6 is 0 Å². The zero-order valence-electron chi connectivity index (χ0n) is 16.8. The highest BCUT2D eigenvalue weighted by Gasteiger charge is 2.23. The first-order chi connectivity index (χ1) is 14.7. The lowest BCUT2D eigenvalue weighted by molar-refractivity contribution is 0.0746. The molecule has 0 saturated carbocycles. The normalized spacial score (nSPS) is 14.3. The number of rotatable bonds is 3. The van der Waals surface area contributed by atoms with E-state index in [2.05, 4.69) is 26.0 Å². The van der Waals surface area contributed by atoms with Gasteiger partial charge < -0.3 is 9.80 Å². The summed E-state index contributed by atoms with van der Waals surface area (Å²) in [5.41, 5.74) is 0.737. The highest BCUT2D eigenvalue weighted by Crippen LogP contribution is 2.20. The van der Waals surface area contributed by atoms with Crippen molar-refractivity contribution in [2.75, 3.05) is 31.1 Å². The Balaban J connectivity index is 1.31. The maximum Gasteiger partial charge on any atom is 0.253 e. The van der Waals surface area contributed by atoms with Gasteiger partial charge in [-0.3, -0.25) is 4.79 Å². The summed E-state index contributed by atoms with van der Waals surface area (Å²) in [4.78, 5) is 26.2. The molecule has 2 aromatic carbocycles. The molecule has 1 amide bonds. The smallest absolute Gasteiger partial charge is 0.253 e. The molecular weight excluding hydrogens is 376 g/mol. The Labute approximate surface area is 174 Å². The maximum absolute atomic E-state index is 13.0. The number of fused-ring (bicyclic) bond motifs is 1. The van der Waals surface area contributed by atoms with E-state index < -0.39 is 0 Å². The molecule has 0 spiro atoms. The molecule has 150 valence electrons. The quantitative estimate of drug-likeness (QED) is 0.531. The molecule has 0 aliphatic carbocycles. The van der Waals surface area contributed by atoms with Crippen LogP contribution in [-0.2, 0) is 0 Å². The van der Waals surface area contributed by atoms with Crippen molar-refractivity contribution in [2.24, 2.45) is 0 Å². The van der Waals surface area contributed by atoms with Gasteiger partial charge >= 0.3 is 0 Å². The highest BCUT2D eigenvalue weighted by atomic mass is 16.2. The van der Waals surface area contributed by atoms with Gasteiger partial charge in [0.25, 0.3) is 5.91 Å². The minimum Gasteiger partial charge on any atom is -0.353 e. The van der Waals surface area contributed by atoms with Crippen molar-refractivity contribution in [2.45, 2.75) is 6.92 Å². The van der Waals surface area contributed by atoms with Crippen LogP contribution < -0.4 is 4.90 Å². The van der Waals surface area contributed by atoms with Crippen molar-refractivity contribution < 1.29 is 4.79 Å². The molecule has 30 heavy (non-hydrogen) atoms. The van der Waals surface area contributed by atoms with E-state index in [0.717, 1.165) is 41.1 Å². The minimum absolute atomic E-state index is 0.0801. The van der Waals surface area contributed by atoms with Crippen LogP contribution in [0.25, 0.3) is 16.6 Å². The molecule has 1 saturated heterocycles. The summed E-state index contributed by atoms with van der Waals surface area (Å²) in [6, 6.07) is 17.8. The number of hydrogen-bond acceptors (Lipinski definition) is 5. The topological polar surface area (TPSA) is 67.2 Å². The lowest BCUT2D eigenvalue weighted by atomic mass is 10.1. The predicted octanol–water partition coefficient (Wildman–Crippen LogP) is 3.09. The molecule has 0 radical (unpaired) electrons. The third-order valence-corrected chi connectivity index (χ3v) is 5.44. The number of carbonyl (C=O) groups is 1. The average Bonchev–Trinajstić information content (AvgIpc) is 3.33. The lowest BCUT2D eigenvalue weighted by Crippen LogP contribution is -2.49. The highest BCUT2D eigenvalue weighted by molar-refractivity contribution is 5.98. The third kappa shape index (κ3) is 3.50. The van der Waals surface area contributed by atoms with Crippen molar-refractivity contribution in [1.29, 1.82) is 0 Å². The van der Waals surface area contributed by atoms with Gasteiger partial charge in [-0.15, -0.1) is 0 Å². The van der Waals surface area contributed by atoms with Gasteiger partial charge in [0.1, 0.15) is 11.6 Å². The predicted molar refractivity (Wildman–Crippen MR) is 116 cm³/mol. The van der Waals surface area contributed by atoms with Crippen molar-refractivity contribution in [3.05, 3.63) is 78.4 Å². The van der Waals surface area contributed by atoms with Gasteiger partial charge in [-0.25, -0.2) is 14.6 Å². The summed E-state index contributed by atoms with van der Waals surface area (Å²) in [7, 11) is 0. The third-order valence-electron chi connectivity index (χ3n) is 5.44. The zero-order chi connectivity index (χ0) is 20.5. The summed E-state index contributed by atoms with van der Waals surface area (Å²) in [6.07, 6.45) is 3.60. The molecule has 3 heterocycles. The Morgan fingerprint density at radius 1 is 0.867 bits per heavy atom. The molecule has 5 rings (SSSR count). The second-order valence-electron chi connectivity index (χ2n) is 7.42. The molecular formula is C23H22N6O. The van der Waals surface area contributed by atoms with Crippen LogP contribution in [0.5, 0.6) is 0 Å². The summed E-state index contributed by atoms with van der Waals surface area (Å²) >= 11 is 0. The van der Waals surface area contributed by atoms with Gasteiger partial charge in [-0.2, -0.15) is 5.10 Å². The standard InChI is InChI=1S/C23H22N6O/c1-17-25-21(16-22(26-17)29-10-4-9-24-29)27-11-13-28(14-12-27)23(30)20-8-7-18-5-2-3-6-19(18)15-20/h2-10,15-16H,11-14H2,1H3. The Hall–Kier alpha value is -3.74. The monoisotopic (exact) mass is 398 g/mol. The number of piperazine rings is 1. The first-order valence-electron chi connectivity index (χ1n) is 10.1. The van der Waals surface area contributed by atoms with E-state index in [1.54, 1.807) is 10.9 Å². The molecule has 1 aliphatic rings. The van der Waals surface area contributed by atoms with Crippen LogP contribution in [0.3, 0.4) is 0 Å². The second kappa shape index (κ2) is 7.59. The number of hydrogen-bond donors (Lipinski definition) is 0. The molecule has 2 aromatic heterocycles. The number of carbonyl (C=O) groups excluding carboxylic acids is 1. The molecule has 0 bridgehead atoms. The first kappa shape index (κ1) is 18.3. The molecule has 0 unspecified atom stereocenters. The van der Waals surface area contributed by atoms with Gasteiger partial charge in [0, 0.05) is 50.2 Å². The van der Waals surface area contributed by atoms with E-state index in [1.165, 1.54) is 0 Å². The summed E-state index contributed by atoms with van der Waals surface area (Å²) < 4.78 is 1.73. The Morgan fingerprint density at radius 3 is 2.40 bits per heavy atom. The van der Waals surface area contributed by atoms with E-state index >= 15 is 0 Å². The van der Waals surface area contributed by atoms with E-state index in [1.807, 2.05) is 66.6 Å². The van der Waals surface area contributed by atoms with Gasteiger partial charge in [0.05, 0.1) is 0 Å². The van der Waals surface area contributed by atoms with Crippen LogP contribution in [0.4, 0.5) is 5.82 Å². The molecule has 4 aromatic rings. The van der Waals surface area contributed by atoms with Crippen molar-refractivity contribution in [3.63, 3.8) is 0 Å². The van der Waals surface area contributed by atoms with Crippen LogP contribution in [-0.4, -0.2) is 56.7 Å². The molecule has 0 N–H and O–H groups in total. The van der Waals surface area contributed by atoms with Crippen LogP contribution in [0.1, 0.15) is 16.2 Å². The van der Waals surface area contributed by atoms with E-state index in [0.29, 0.717) is 18.9 Å². The molecule has 7 heteroatoms. The number of benzene rings is 2. The molecule has 1 fully saturated rings. The zero-order valence-corrected chi connectivity index (χ0v) is 16.8. The van der Waals surface area contributed by atoms with E-state index in [4.69, 9.17) is 0 Å². The number of anilines is 1. The first-order valence-corrected chi connectivity index (χ1v) is 10.1. The number of aryl methyl sites for hydroxylation is 1. The van der Waals surface area contributed by atoms with Crippen LogP contribution in [0.15, 0.2) is 67.0 Å². The maximum atomic E-state index is 13.0. The summed E-state index contributed by atoms with van der Waals surface area (Å²) in [5, 5.41) is 6.49. The van der Waals surface area contributed by atoms with Crippen LogP contribution in [0, 0.1) is 6.92 Å². The van der Waals surface area contributed by atoms with E-state index in [-0.39, 0.29) is 5.91 Å². The number of nitrogens with zero attached hydrogens (tertiary/aromatic N) is 6. The van der Waals surface area contributed by atoms with Crippen molar-refractivity contribution >= 4 is 22.5 Å². The van der Waals surface area contributed by atoms with Gasteiger partial charge in [0.2, 0.25) is 0 Å². The van der Waals surface area contributed by atoms with Gasteiger partial charge in [0.15, 0.2) is 5.82 Å². The van der Waals surface area contributed by atoms with E-state index in [9.17, 15) is 4.79 Å². The van der Waals surface area contributed by atoms with Crippen molar-refractivity contribution in [1.82, 2.24) is 24.6 Å². The average molecular weight is 398 g/mol. The lowest BCUT2D eigenvalue weighted by Gasteiger charge is -2.35. The van der Waals surface area contributed by atoms with Crippen LogP contribution in [0.2, 0.25) is 0 Å². The largest absolute Gasteiger partial charge is 0.353 e. The number of amides is 1. The van der Waals surface area contributed by atoms with Gasteiger partial charge in [-0.1, -0.05) is 30.3 Å². The second-order valence-corrected chi connectivity index (χ2v) is 7.42. The SMILES string of the molecule is Cc1nc(N2CCN(C(=O)c3ccc4ccccc4c3)CC2)cc(-n2cccn2)n1. The summed E-state index contributed by atoms with van der Waals surface area (Å²) in [6.45, 7) is 4.66. The fraction of sp³-hybridized carbons (Fsp3) is 0.217.